The maximum absolute atomic E-state index is 5.00. The molecule has 43 heavy (non-hydrogen) atoms. The van der Waals surface area contributed by atoms with E-state index in [1.165, 1.54) is 43.8 Å². The Morgan fingerprint density at radius 1 is 0.721 bits per heavy atom. The summed E-state index contributed by atoms with van der Waals surface area (Å²) in [5, 5.41) is 4.86. The maximum Gasteiger partial charge on any atom is 0.236 e. The quantitative estimate of drug-likeness (QED) is 0.258. The predicted molar refractivity (Wildman–Crippen MR) is 178 cm³/mol. The highest BCUT2D eigenvalue weighted by atomic mass is 15.2. The Morgan fingerprint density at radius 2 is 1.42 bits per heavy atom. The molecular formula is C38H35N5+2. The zero-order chi connectivity index (χ0) is 29.5. The Hall–Kier alpha value is -4.97. The maximum atomic E-state index is 5.00. The van der Waals surface area contributed by atoms with E-state index in [4.69, 9.17) is 10.7 Å². The highest BCUT2D eigenvalue weighted by Gasteiger charge is 2.36. The zero-order valence-corrected chi connectivity index (χ0v) is 24.9. The fourth-order valence-corrected chi connectivity index (χ4v) is 7.25. The molecule has 5 heteroatoms. The smallest absolute Gasteiger partial charge is 0.236 e. The normalized spacial score (nSPS) is 17.9. The van der Waals surface area contributed by atoms with Crippen molar-refractivity contribution < 1.29 is 11.5 Å². The Bertz CT molecular complexity index is 2230. The third kappa shape index (κ3) is 3.69. The van der Waals surface area contributed by atoms with E-state index in [9.17, 15) is 0 Å². The van der Waals surface area contributed by atoms with Gasteiger partial charge < -0.3 is 16.4 Å². The van der Waals surface area contributed by atoms with Gasteiger partial charge in [-0.2, -0.15) is 0 Å². The van der Waals surface area contributed by atoms with E-state index >= 15 is 0 Å². The first-order chi connectivity index (χ1) is 20.8. The molecule has 1 aromatic heterocycles. The lowest BCUT2D eigenvalue weighted by Crippen LogP contribution is -2.52. The van der Waals surface area contributed by atoms with Gasteiger partial charge in [0.2, 0.25) is 5.82 Å². The molecule has 0 spiro atoms. The second-order valence-electron chi connectivity index (χ2n) is 12.3. The molecule has 1 aliphatic carbocycles. The van der Waals surface area contributed by atoms with Crippen molar-refractivity contribution in [2.45, 2.75) is 19.3 Å². The van der Waals surface area contributed by atoms with Crippen molar-refractivity contribution in [2.24, 2.45) is 4.99 Å². The number of aromatic nitrogens is 1. The van der Waals surface area contributed by atoms with Crippen LogP contribution in [0.3, 0.4) is 0 Å². The molecule has 5 aromatic carbocycles. The molecule has 1 aliphatic heterocycles. The third-order valence-electron chi connectivity index (χ3n) is 9.48. The number of nitrogens with zero attached hydrogens (tertiary/aromatic N) is 3. The molecular weight excluding hydrogens is 526 g/mol. The highest BCUT2D eigenvalue weighted by molar-refractivity contribution is 6.14. The molecule has 210 valence electrons. The van der Waals surface area contributed by atoms with Crippen LogP contribution in [0.25, 0.3) is 55.2 Å². The lowest BCUT2D eigenvalue weighted by atomic mass is 9.82. The van der Waals surface area contributed by atoms with Gasteiger partial charge in [-0.1, -0.05) is 86.6 Å². The number of quaternary nitrogens is 2. The Morgan fingerprint density at radius 3 is 2.26 bits per heavy atom. The summed E-state index contributed by atoms with van der Waals surface area (Å²) in [6, 6.07) is 37.3. The van der Waals surface area contributed by atoms with Crippen molar-refractivity contribution in [1.82, 2.24) is 9.47 Å². The van der Waals surface area contributed by atoms with Crippen LogP contribution in [0, 0.1) is 0 Å². The third-order valence-corrected chi connectivity index (χ3v) is 9.48. The van der Waals surface area contributed by atoms with E-state index in [0.29, 0.717) is 6.54 Å². The van der Waals surface area contributed by atoms with Crippen LogP contribution in [0.1, 0.15) is 30.5 Å². The molecule has 6 aromatic rings. The minimum Gasteiger partial charge on any atom is -0.362 e. The van der Waals surface area contributed by atoms with Crippen LogP contribution in [-0.4, -0.2) is 29.3 Å². The minimum absolute atomic E-state index is 0.0780. The second kappa shape index (κ2) is 9.27. The van der Waals surface area contributed by atoms with Crippen molar-refractivity contribution >= 4 is 50.3 Å². The van der Waals surface area contributed by atoms with E-state index in [-0.39, 0.29) is 5.41 Å². The summed E-state index contributed by atoms with van der Waals surface area (Å²) in [4.78, 5) is 7.25. The molecule has 2 heterocycles. The first-order valence-electron chi connectivity index (χ1n) is 14.9. The van der Waals surface area contributed by atoms with Crippen LogP contribution < -0.4 is 11.5 Å². The number of benzene rings is 5. The van der Waals surface area contributed by atoms with E-state index in [1.807, 2.05) is 6.21 Å². The summed E-state index contributed by atoms with van der Waals surface area (Å²) >= 11 is 0. The number of fused-ring (bicyclic) bond motifs is 7. The van der Waals surface area contributed by atoms with Gasteiger partial charge in [-0.15, -0.1) is 0 Å². The molecule has 0 bridgehead atoms. The van der Waals surface area contributed by atoms with Gasteiger partial charge >= 0.3 is 0 Å². The fourth-order valence-electron chi connectivity index (χ4n) is 7.25. The molecule has 2 aliphatic rings. The highest BCUT2D eigenvalue weighted by Crippen LogP contribution is 2.49. The number of likely N-dealkylation sites (N-methyl/N-ethyl adjacent to an activating group) is 1. The first kappa shape index (κ1) is 25.7. The number of para-hydroxylation sites is 1. The van der Waals surface area contributed by atoms with E-state index < -0.39 is 0 Å². The molecule has 0 unspecified atom stereocenters. The molecule has 0 atom stereocenters. The van der Waals surface area contributed by atoms with Gasteiger partial charge in [0.25, 0.3) is 0 Å². The average molecular weight is 562 g/mol. The summed E-state index contributed by atoms with van der Waals surface area (Å²) < 4.78 is 2.28. The molecule has 0 fully saturated rings. The topological polar surface area (TPSA) is 75.8 Å². The zero-order valence-electron chi connectivity index (χ0n) is 24.9. The largest absolute Gasteiger partial charge is 0.362 e. The molecule has 0 amide bonds. The lowest BCUT2D eigenvalue weighted by Gasteiger charge is -2.26. The molecule has 6 N–H and O–H groups in total. The van der Waals surface area contributed by atoms with Gasteiger partial charge in [0.05, 0.1) is 17.6 Å². The molecule has 8 rings (SSSR count). The summed E-state index contributed by atoms with van der Waals surface area (Å²) in [5.74, 6) is 0.842. The van der Waals surface area contributed by atoms with Gasteiger partial charge in [-0.05, 0) is 63.4 Å². The summed E-state index contributed by atoms with van der Waals surface area (Å²) in [7, 11) is 2.12. The average Bonchev–Trinajstić information content (AvgIpc) is 3.47. The van der Waals surface area contributed by atoms with E-state index in [2.05, 4.69) is 139 Å². The van der Waals surface area contributed by atoms with Crippen LogP contribution in [0.4, 0.5) is 0 Å². The summed E-state index contributed by atoms with van der Waals surface area (Å²) in [5.41, 5.74) is 20.8. The van der Waals surface area contributed by atoms with Crippen molar-refractivity contribution in [3.8, 4) is 11.1 Å². The second-order valence-corrected chi connectivity index (χ2v) is 12.3. The van der Waals surface area contributed by atoms with E-state index in [0.717, 1.165) is 39.5 Å². The van der Waals surface area contributed by atoms with E-state index in [1.54, 1.807) is 0 Å². The molecule has 5 nitrogen and oxygen atoms in total. The SMILES string of the molecule is CN1CC=NC(=C([NH3+])n2c3ccccc3c3cc4ccccc4cc32)C1=C([NH3+])c1ccc2c(c1)C(C)(C)c1ccccc1-2. The fraction of sp³-hybridized carbons (Fsp3) is 0.132. The minimum atomic E-state index is -0.0780. The predicted octanol–water partition coefficient (Wildman–Crippen LogP) is 6.25. The number of hydrogen-bond donors (Lipinski definition) is 2. The summed E-state index contributed by atoms with van der Waals surface area (Å²) in [6.07, 6.45) is 1.98. The Kier molecular flexibility index (Phi) is 5.54. The van der Waals surface area contributed by atoms with Gasteiger partial charge in [0.15, 0.2) is 11.4 Å². The van der Waals surface area contributed by atoms with Gasteiger partial charge in [0.1, 0.15) is 5.70 Å². The summed E-state index contributed by atoms with van der Waals surface area (Å²) in [6.45, 7) is 5.35. The number of aliphatic imine (C=N–C) groups is 1. The van der Waals surface area contributed by atoms with Gasteiger partial charge in [0, 0.05) is 35.0 Å². The van der Waals surface area contributed by atoms with Crippen molar-refractivity contribution in [3.63, 3.8) is 0 Å². The molecule has 0 radical (unpaired) electrons. The Balaban J connectivity index is 1.36. The van der Waals surface area contributed by atoms with Crippen molar-refractivity contribution in [2.75, 3.05) is 13.6 Å². The molecule has 0 saturated carbocycles. The van der Waals surface area contributed by atoms with Crippen molar-refractivity contribution in [3.05, 3.63) is 131 Å². The lowest BCUT2D eigenvalue weighted by molar-refractivity contribution is -0.256. The molecule has 0 saturated heterocycles. The van der Waals surface area contributed by atoms with Crippen LogP contribution in [0.15, 0.2) is 120 Å². The number of rotatable bonds is 2. The van der Waals surface area contributed by atoms with Crippen LogP contribution >= 0.6 is 0 Å². The Labute approximate surface area is 251 Å². The van der Waals surface area contributed by atoms with Gasteiger partial charge in [-0.25, -0.2) is 4.99 Å². The van der Waals surface area contributed by atoms with Crippen LogP contribution in [0.5, 0.6) is 0 Å². The first-order valence-corrected chi connectivity index (χ1v) is 14.9. The monoisotopic (exact) mass is 561 g/mol. The van der Waals surface area contributed by atoms with Crippen LogP contribution in [-0.2, 0) is 5.41 Å². The standard InChI is InChI=1S/C38H33N5/c1-38(2)30-14-8-6-12-26(30)27-17-16-25(21-31(27)38)34(39)36-35(41-18-19-42(36)3)37(40)43-32-15-9-7-13-28(32)29-20-23-10-4-5-11-24(23)22-33(29)43/h4-18,20-22H,19,39-40H2,1-3H3/p+2. The van der Waals surface area contributed by atoms with Crippen molar-refractivity contribution in [1.29, 1.82) is 0 Å². The van der Waals surface area contributed by atoms with Crippen LogP contribution in [0.2, 0.25) is 0 Å². The number of hydrogen-bond acceptors (Lipinski definition) is 2. The van der Waals surface area contributed by atoms with Gasteiger partial charge in [-0.3, -0.25) is 4.57 Å².